The Kier molecular flexibility index (Phi) is 13.8. The first-order valence-corrected chi connectivity index (χ1v) is 17.0. The maximum Gasteiger partial charge on any atom is 0.243 e. The molecule has 0 radical (unpaired) electrons. The number of anilines is 1. The molecule has 2 aromatic rings. The number of aryl methyl sites for hydroxylation is 1. The molecule has 14 heteroatoms. The number of rotatable bonds is 15. The monoisotopic (exact) mass is 670 g/mol. The average molecular weight is 671 g/mol. The lowest BCUT2D eigenvalue weighted by atomic mass is 9.85. The molecule has 1 aliphatic carbocycles. The number of nitrogens with one attached hydrogen (secondary N) is 7. The molecular formula is C33H50N8O5S. The van der Waals surface area contributed by atoms with Crippen molar-refractivity contribution >= 4 is 46.0 Å². The minimum absolute atomic E-state index is 0.0161. The minimum Gasteiger partial charge on any atom is -0.356 e. The summed E-state index contributed by atoms with van der Waals surface area (Å²) in [6.45, 7) is 9.05. The second kappa shape index (κ2) is 17.3. The highest BCUT2D eigenvalue weighted by molar-refractivity contribution is 7.13. The SMILES string of the molecule is CN[C@@H](C)C(=O)Nc1nc(CC(=O)NCC[C@H](NC(=O)[C@@H](NC(=O)[C@H](C)NC)C(C)(C)C)C(=O)N[C@@H]2CCCc3ccccc32)cs1. The minimum atomic E-state index is -0.976. The van der Waals surface area contributed by atoms with Crippen LogP contribution in [0.2, 0.25) is 0 Å². The molecule has 13 nitrogen and oxygen atoms in total. The Hall–Kier alpha value is -3.88. The van der Waals surface area contributed by atoms with Gasteiger partial charge < -0.3 is 37.2 Å². The standard InChI is InChI=1S/C33H50N8O5S/c1-19(34-6)28(43)40-27(33(3,4)5)31(46)39-25(30(45)38-24-14-10-12-21-11-8-9-13-23(21)24)15-16-36-26(42)17-22-18-47-32(37-22)41-29(44)20(2)35-7/h8-9,11,13,18-20,24-25,27,34-35H,10,12,14-17H2,1-7H3,(H,36,42)(H,38,45)(H,39,46)(H,40,43)(H,37,41,44)/t19-,20-,24+,25-,27+/m0/s1. The fourth-order valence-electron chi connectivity index (χ4n) is 5.15. The maximum absolute atomic E-state index is 13.7. The molecule has 0 saturated heterocycles. The Bertz CT molecular complexity index is 1410. The molecule has 5 amide bonds. The molecule has 7 N–H and O–H groups in total. The molecule has 1 aromatic heterocycles. The van der Waals surface area contributed by atoms with Crippen LogP contribution >= 0.6 is 11.3 Å². The molecule has 0 saturated carbocycles. The van der Waals surface area contributed by atoms with E-state index < -0.39 is 35.5 Å². The summed E-state index contributed by atoms with van der Waals surface area (Å²) in [5, 5.41) is 22.2. The third kappa shape index (κ3) is 11.1. The van der Waals surface area contributed by atoms with Crippen molar-refractivity contribution in [2.45, 2.75) is 96.9 Å². The number of amides is 5. The normalized spacial score (nSPS) is 16.9. The molecule has 1 heterocycles. The lowest BCUT2D eigenvalue weighted by Gasteiger charge is -2.33. The lowest BCUT2D eigenvalue weighted by molar-refractivity contribution is -0.135. The fourth-order valence-corrected chi connectivity index (χ4v) is 5.86. The highest BCUT2D eigenvalue weighted by atomic mass is 32.1. The van der Waals surface area contributed by atoms with Crippen LogP contribution in [0.1, 0.15) is 76.7 Å². The van der Waals surface area contributed by atoms with Crippen LogP contribution in [0.3, 0.4) is 0 Å². The Labute approximate surface area is 281 Å². The second-order valence-electron chi connectivity index (χ2n) is 13.0. The number of hydrogen-bond acceptors (Lipinski definition) is 9. The zero-order valence-corrected chi connectivity index (χ0v) is 29.2. The summed E-state index contributed by atoms with van der Waals surface area (Å²) < 4.78 is 0. The Balaban J connectivity index is 1.69. The molecule has 47 heavy (non-hydrogen) atoms. The lowest BCUT2D eigenvalue weighted by Crippen LogP contribution is -2.60. The molecule has 0 aliphatic heterocycles. The van der Waals surface area contributed by atoms with E-state index >= 15 is 0 Å². The first-order chi connectivity index (χ1) is 22.2. The van der Waals surface area contributed by atoms with Gasteiger partial charge in [-0.05, 0) is 70.2 Å². The van der Waals surface area contributed by atoms with Gasteiger partial charge in [0.25, 0.3) is 0 Å². The van der Waals surface area contributed by atoms with E-state index in [0.29, 0.717) is 10.8 Å². The summed E-state index contributed by atoms with van der Waals surface area (Å²) in [6, 6.07) is 5.00. The summed E-state index contributed by atoms with van der Waals surface area (Å²) in [7, 11) is 3.34. The molecule has 0 unspecified atom stereocenters. The summed E-state index contributed by atoms with van der Waals surface area (Å²) in [5.74, 6) is -1.74. The van der Waals surface area contributed by atoms with Crippen molar-refractivity contribution in [3.8, 4) is 0 Å². The van der Waals surface area contributed by atoms with Crippen LogP contribution in [0.15, 0.2) is 29.6 Å². The van der Waals surface area contributed by atoms with Gasteiger partial charge in [0.1, 0.15) is 12.1 Å². The van der Waals surface area contributed by atoms with E-state index in [4.69, 9.17) is 0 Å². The number of likely N-dealkylation sites (N-methyl/N-ethyl adjacent to an activating group) is 2. The van der Waals surface area contributed by atoms with Crippen molar-refractivity contribution in [2.75, 3.05) is 26.0 Å². The fraction of sp³-hybridized carbons (Fsp3) is 0.576. The van der Waals surface area contributed by atoms with Crippen molar-refractivity contribution in [1.29, 1.82) is 0 Å². The number of benzene rings is 1. The predicted octanol–water partition coefficient (Wildman–Crippen LogP) is 1.56. The first-order valence-electron chi connectivity index (χ1n) is 16.1. The van der Waals surface area contributed by atoms with Crippen LogP contribution in [0, 0.1) is 5.41 Å². The summed E-state index contributed by atoms with van der Waals surface area (Å²) >= 11 is 1.23. The smallest absolute Gasteiger partial charge is 0.243 e. The van der Waals surface area contributed by atoms with Gasteiger partial charge >= 0.3 is 0 Å². The molecule has 3 rings (SSSR count). The third-order valence-corrected chi connectivity index (χ3v) is 9.07. The summed E-state index contributed by atoms with van der Waals surface area (Å²) in [4.78, 5) is 69.4. The first kappa shape index (κ1) is 37.6. The van der Waals surface area contributed by atoms with Gasteiger partial charge in [-0.25, -0.2) is 4.98 Å². The third-order valence-electron chi connectivity index (χ3n) is 8.27. The van der Waals surface area contributed by atoms with Gasteiger partial charge in [0.15, 0.2) is 5.13 Å². The molecule has 258 valence electrons. The topological polar surface area (TPSA) is 182 Å². The maximum atomic E-state index is 13.7. The van der Waals surface area contributed by atoms with E-state index in [9.17, 15) is 24.0 Å². The number of nitrogens with zero attached hydrogens (tertiary/aromatic N) is 1. The van der Waals surface area contributed by atoms with Crippen molar-refractivity contribution in [3.63, 3.8) is 0 Å². The number of carbonyl (C=O) groups is 5. The van der Waals surface area contributed by atoms with Crippen LogP contribution in [0.5, 0.6) is 0 Å². The number of thiazole rings is 1. The number of fused-ring (bicyclic) bond motifs is 1. The van der Waals surface area contributed by atoms with Crippen LogP contribution in [0.25, 0.3) is 0 Å². The zero-order valence-electron chi connectivity index (χ0n) is 28.4. The highest BCUT2D eigenvalue weighted by Gasteiger charge is 2.36. The van der Waals surface area contributed by atoms with Gasteiger partial charge in [0.2, 0.25) is 29.5 Å². The predicted molar refractivity (Wildman–Crippen MR) is 183 cm³/mol. The molecule has 5 atom stereocenters. The van der Waals surface area contributed by atoms with Gasteiger partial charge in [-0.2, -0.15) is 0 Å². The van der Waals surface area contributed by atoms with E-state index in [1.165, 1.54) is 16.9 Å². The van der Waals surface area contributed by atoms with Gasteiger partial charge in [-0.1, -0.05) is 45.0 Å². The molecule has 1 aromatic carbocycles. The van der Waals surface area contributed by atoms with Gasteiger partial charge in [0.05, 0.1) is 30.2 Å². The Morgan fingerprint density at radius 2 is 1.62 bits per heavy atom. The van der Waals surface area contributed by atoms with Crippen LogP contribution < -0.4 is 37.2 Å². The number of hydrogen-bond donors (Lipinski definition) is 7. The van der Waals surface area contributed by atoms with Crippen molar-refractivity contribution in [1.82, 2.24) is 36.9 Å². The Morgan fingerprint density at radius 1 is 0.936 bits per heavy atom. The van der Waals surface area contributed by atoms with E-state index in [-0.39, 0.29) is 49.1 Å². The van der Waals surface area contributed by atoms with Crippen molar-refractivity contribution in [2.24, 2.45) is 5.41 Å². The average Bonchev–Trinajstić information content (AvgIpc) is 3.47. The molecule has 0 bridgehead atoms. The highest BCUT2D eigenvalue weighted by Crippen LogP contribution is 2.29. The van der Waals surface area contributed by atoms with Gasteiger partial charge in [-0.3, -0.25) is 24.0 Å². The largest absolute Gasteiger partial charge is 0.356 e. The molecule has 1 aliphatic rings. The number of carbonyl (C=O) groups excluding carboxylic acids is 5. The zero-order chi connectivity index (χ0) is 34.7. The molecule has 0 fully saturated rings. The van der Waals surface area contributed by atoms with Crippen molar-refractivity contribution in [3.05, 3.63) is 46.5 Å². The van der Waals surface area contributed by atoms with Crippen molar-refractivity contribution < 1.29 is 24.0 Å². The van der Waals surface area contributed by atoms with Crippen LogP contribution in [-0.2, 0) is 36.8 Å². The molecule has 0 spiro atoms. The summed E-state index contributed by atoms with van der Waals surface area (Å²) in [5.41, 5.74) is 2.10. The second-order valence-corrected chi connectivity index (χ2v) is 13.8. The Morgan fingerprint density at radius 3 is 2.30 bits per heavy atom. The summed E-state index contributed by atoms with van der Waals surface area (Å²) in [6.07, 6.45) is 2.74. The number of aromatic nitrogens is 1. The molecular weight excluding hydrogens is 620 g/mol. The van der Waals surface area contributed by atoms with E-state index in [1.54, 1.807) is 33.3 Å². The van der Waals surface area contributed by atoms with Gasteiger partial charge in [0, 0.05) is 11.9 Å². The van der Waals surface area contributed by atoms with E-state index in [2.05, 4.69) is 48.3 Å². The van der Waals surface area contributed by atoms with E-state index in [1.807, 2.05) is 39.0 Å². The van der Waals surface area contributed by atoms with E-state index in [0.717, 1.165) is 24.8 Å². The van der Waals surface area contributed by atoms with Crippen LogP contribution in [-0.4, -0.2) is 79.3 Å². The van der Waals surface area contributed by atoms with Crippen LogP contribution in [0.4, 0.5) is 5.13 Å². The van der Waals surface area contributed by atoms with Gasteiger partial charge in [-0.15, -0.1) is 11.3 Å². The quantitative estimate of drug-likeness (QED) is 0.149.